The van der Waals surface area contributed by atoms with E-state index in [1.165, 1.54) is 17.8 Å². The average Bonchev–Trinajstić information content (AvgIpc) is 2.70. The molecular formula is C12H19N3O2S. The third kappa shape index (κ3) is 3.00. The highest BCUT2D eigenvalue weighted by Gasteiger charge is 2.21. The van der Waals surface area contributed by atoms with Crippen LogP contribution in [0.15, 0.2) is 0 Å². The van der Waals surface area contributed by atoms with E-state index in [1.54, 1.807) is 6.92 Å². The van der Waals surface area contributed by atoms with E-state index in [2.05, 4.69) is 22.1 Å². The number of likely N-dealkylation sites (tertiary alicyclic amines) is 1. The topological polar surface area (TPSA) is 65.5 Å². The molecule has 1 aliphatic heterocycles. The maximum atomic E-state index is 11.0. The van der Waals surface area contributed by atoms with E-state index < -0.39 is 5.97 Å². The second kappa shape index (κ2) is 5.67. The van der Waals surface area contributed by atoms with E-state index in [0.717, 1.165) is 31.2 Å². The number of rotatable bonds is 4. The minimum atomic E-state index is -0.892. The number of piperidine rings is 1. The zero-order chi connectivity index (χ0) is 13.1. The van der Waals surface area contributed by atoms with Gasteiger partial charge in [0, 0.05) is 12.6 Å². The van der Waals surface area contributed by atoms with Crippen molar-refractivity contribution in [2.75, 3.05) is 25.0 Å². The van der Waals surface area contributed by atoms with Crippen molar-refractivity contribution in [2.24, 2.45) is 0 Å². The number of anilines is 1. The van der Waals surface area contributed by atoms with Gasteiger partial charge in [0.1, 0.15) is 4.88 Å². The lowest BCUT2D eigenvalue weighted by Gasteiger charge is -2.32. The summed E-state index contributed by atoms with van der Waals surface area (Å²) >= 11 is 1.23. The summed E-state index contributed by atoms with van der Waals surface area (Å²) in [6, 6.07) is 0.380. The second-order valence-electron chi connectivity index (χ2n) is 4.62. The SMILES string of the molecule is CCN1CCCC(Nc2nc(C)c(C(=O)O)s2)C1. The molecule has 0 spiro atoms. The minimum Gasteiger partial charge on any atom is -0.477 e. The summed E-state index contributed by atoms with van der Waals surface area (Å²) in [6.07, 6.45) is 2.30. The number of aromatic carboxylic acids is 1. The van der Waals surface area contributed by atoms with Crippen molar-refractivity contribution in [2.45, 2.75) is 32.7 Å². The number of nitrogens with zero attached hydrogens (tertiary/aromatic N) is 2. The molecule has 0 bridgehead atoms. The number of thiazole rings is 1. The molecule has 2 heterocycles. The Balaban J connectivity index is 2.00. The predicted octanol–water partition coefficient (Wildman–Crippen LogP) is 2.05. The Kier molecular flexibility index (Phi) is 4.19. The van der Waals surface area contributed by atoms with E-state index in [4.69, 9.17) is 5.11 Å². The predicted molar refractivity (Wildman–Crippen MR) is 72.6 cm³/mol. The number of carboxylic acid groups (broad SMARTS) is 1. The normalized spacial score (nSPS) is 20.9. The first-order valence-electron chi connectivity index (χ1n) is 6.29. The van der Waals surface area contributed by atoms with Gasteiger partial charge in [-0.1, -0.05) is 18.3 Å². The summed E-state index contributed by atoms with van der Waals surface area (Å²) in [6.45, 7) is 7.14. The van der Waals surface area contributed by atoms with Gasteiger partial charge in [-0.2, -0.15) is 0 Å². The van der Waals surface area contributed by atoms with Gasteiger partial charge in [0.2, 0.25) is 0 Å². The number of aromatic nitrogens is 1. The molecule has 1 aromatic heterocycles. The summed E-state index contributed by atoms with van der Waals surface area (Å²) in [7, 11) is 0. The fraction of sp³-hybridized carbons (Fsp3) is 0.667. The van der Waals surface area contributed by atoms with Crippen molar-refractivity contribution in [3.05, 3.63) is 10.6 Å². The smallest absolute Gasteiger partial charge is 0.347 e. The van der Waals surface area contributed by atoms with Gasteiger partial charge in [0.15, 0.2) is 5.13 Å². The summed E-state index contributed by atoms with van der Waals surface area (Å²) in [4.78, 5) is 18.0. The average molecular weight is 269 g/mol. The third-order valence-electron chi connectivity index (χ3n) is 3.27. The highest BCUT2D eigenvalue weighted by molar-refractivity contribution is 7.17. The molecular weight excluding hydrogens is 250 g/mol. The Hall–Kier alpha value is -1.14. The van der Waals surface area contributed by atoms with Gasteiger partial charge in [-0.3, -0.25) is 0 Å². The number of hydrogen-bond donors (Lipinski definition) is 2. The van der Waals surface area contributed by atoms with Crippen molar-refractivity contribution in [3.8, 4) is 0 Å². The second-order valence-corrected chi connectivity index (χ2v) is 5.61. The Labute approximate surface area is 111 Å². The van der Waals surface area contributed by atoms with Crippen LogP contribution in [0.1, 0.15) is 35.1 Å². The first kappa shape index (κ1) is 13.3. The quantitative estimate of drug-likeness (QED) is 0.875. The van der Waals surface area contributed by atoms with Crippen LogP contribution in [0.5, 0.6) is 0 Å². The zero-order valence-electron chi connectivity index (χ0n) is 10.8. The van der Waals surface area contributed by atoms with Gasteiger partial charge < -0.3 is 15.3 Å². The molecule has 0 saturated carbocycles. The number of carbonyl (C=O) groups is 1. The maximum Gasteiger partial charge on any atom is 0.347 e. The van der Waals surface area contributed by atoms with Crippen LogP contribution in [0.25, 0.3) is 0 Å². The van der Waals surface area contributed by atoms with Crippen molar-refractivity contribution in [3.63, 3.8) is 0 Å². The van der Waals surface area contributed by atoms with Gasteiger partial charge in [0.05, 0.1) is 5.69 Å². The highest BCUT2D eigenvalue weighted by atomic mass is 32.1. The van der Waals surface area contributed by atoms with E-state index in [-0.39, 0.29) is 0 Å². The number of carboxylic acids is 1. The van der Waals surface area contributed by atoms with Crippen molar-refractivity contribution in [1.29, 1.82) is 0 Å². The van der Waals surface area contributed by atoms with E-state index in [1.807, 2.05) is 0 Å². The standard InChI is InChI=1S/C12H19N3O2S/c1-3-15-6-4-5-9(7-15)14-12-13-8(2)10(18-12)11(16)17/h9H,3-7H2,1-2H3,(H,13,14)(H,16,17). The summed E-state index contributed by atoms with van der Waals surface area (Å²) in [5.41, 5.74) is 0.596. The highest BCUT2D eigenvalue weighted by Crippen LogP contribution is 2.24. The third-order valence-corrected chi connectivity index (χ3v) is 4.35. The molecule has 0 aromatic carbocycles. The molecule has 1 unspecified atom stereocenters. The van der Waals surface area contributed by atoms with Gasteiger partial charge in [-0.15, -0.1) is 0 Å². The molecule has 1 aliphatic rings. The Morgan fingerprint density at radius 2 is 2.44 bits per heavy atom. The first-order chi connectivity index (χ1) is 8.60. The van der Waals surface area contributed by atoms with Crippen molar-refractivity contribution >= 4 is 22.4 Å². The monoisotopic (exact) mass is 269 g/mol. The fourth-order valence-corrected chi connectivity index (χ4v) is 3.17. The van der Waals surface area contributed by atoms with Crippen LogP contribution >= 0.6 is 11.3 Å². The van der Waals surface area contributed by atoms with E-state index >= 15 is 0 Å². The first-order valence-corrected chi connectivity index (χ1v) is 7.11. The molecule has 6 heteroatoms. The molecule has 2 rings (SSSR count). The lowest BCUT2D eigenvalue weighted by Crippen LogP contribution is -2.41. The number of hydrogen-bond acceptors (Lipinski definition) is 5. The lowest BCUT2D eigenvalue weighted by atomic mass is 10.1. The summed E-state index contributed by atoms with van der Waals surface area (Å²) in [5, 5.41) is 13.1. The van der Waals surface area contributed by atoms with Gasteiger partial charge in [-0.25, -0.2) is 9.78 Å². The molecule has 5 nitrogen and oxygen atoms in total. The molecule has 0 aliphatic carbocycles. The Morgan fingerprint density at radius 1 is 1.67 bits per heavy atom. The number of likely N-dealkylation sites (N-methyl/N-ethyl adjacent to an activating group) is 1. The van der Waals surface area contributed by atoms with Crippen LogP contribution in [0.2, 0.25) is 0 Å². The van der Waals surface area contributed by atoms with Crippen LogP contribution < -0.4 is 5.32 Å². The minimum absolute atomic E-state index is 0.334. The molecule has 18 heavy (non-hydrogen) atoms. The van der Waals surface area contributed by atoms with Crippen LogP contribution in [0.3, 0.4) is 0 Å². The molecule has 1 atom stereocenters. The van der Waals surface area contributed by atoms with Crippen LogP contribution in [0.4, 0.5) is 5.13 Å². The molecule has 1 fully saturated rings. The van der Waals surface area contributed by atoms with E-state index in [9.17, 15) is 4.79 Å². The van der Waals surface area contributed by atoms with Gasteiger partial charge in [0.25, 0.3) is 0 Å². The Morgan fingerprint density at radius 3 is 3.06 bits per heavy atom. The van der Waals surface area contributed by atoms with Crippen molar-refractivity contribution < 1.29 is 9.90 Å². The zero-order valence-corrected chi connectivity index (χ0v) is 11.6. The summed E-state index contributed by atoms with van der Waals surface area (Å²) < 4.78 is 0. The molecule has 1 aromatic rings. The molecule has 0 radical (unpaired) electrons. The van der Waals surface area contributed by atoms with Gasteiger partial charge >= 0.3 is 5.97 Å². The van der Waals surface area contributed by atoms with Crippen molar-refractivity contribution in [1.82, 2.24) is 9.88 Å². The van der Waals surface area contributed by atoms with Gasteiger partial charge in [-0.05, 0) is 32.9 Å². The lowest BCUT2D eigenvalue weighted by molar-refractivity contribution is 0.0701. The Bertz CT molecular complexity index is 433. The van der Waals surface area contributed by atoms with Crippen LogP contribution in [-0.4, -0.2) is 46.6 Å². The maximum absolute atomic E-state index is 11.0. The molecule has 0 amide bonds. The van der Waals surface area contributed by atoms with Crippen LogP contribution in [-0.2, 0) is 0 Å². The summed E-state index contributed by atoms with van der Waals surface area (Å²) in [5.74, 6) is -0.892. The molecule has 100 valence electrons. The fourth-order valence-electron chi connectivity index (χ4n) is 2.29. The molecule has 1 saturated heterocycles. The number of aryl methyl sites for hydroxylation is 1. The largest absolute Gasteiger partial charge is 0.477 e. The van der Waals surface area contributed by atoms with Crippen LogP contribution in [0, 0.1) is 6.92 Å². The molecule has 2 N–H and O–H groups in total. The van der Waals surface area contributed by atoms with E-state index in [0.29, 0.717) is 16.6 Å². The number of nitrogens with one attached hydrogen (secondary N) is 1.